The lowest BCUT2D eigenvalue weighted by Crippen LogP contribution is -2.24. The van der Waals surface area contributed by atoms with Crippen molar-refractivity contribution in [3.8, 4) is 0 Å². The lowest BCUT2D eigenvalue weighted by molar-refractivity contribution is 0.399. The molecule has 0 aromatic carbocycles. The van der Waals surface area contributed by atoms with Crippen LogP contribution in [0.4, 0.5) is 0 Å². The number of nitrogen functional groups attached to an aromatic ring is 1. The lowest BCUT2D eigenvalue weighted by atomic mass is 10.4. The lowest BCUT2D eigenvalue weighted by Gasteiger charge is -1.97. The summed E-state index contributed by atoms with van der Waals surface area (Å²) in [5.41, 5.74) is 4.12. The van der Waals surface area contributed by atoms with Crippen LogP contribution in [0.1, 0.15) is 11.4 Å². The first kappa shape index (κ1) is 19.0. The Bertz CT molecular complexity index is 755. The van der Waals surface area contributed by atoms with Crippen molar-refractivity contribution in [3.05, 3.63) is 56.9 Å². The molecule has 2 aromatic heterocycles. The number of hydrogen-bond acceptors (Lipinski definition) is 7. The molecule has 0 amide bonds. The monoisotopic (exact) mass is 327 g/mol. The van der Waals surface area contributed by atoms with Crippen molar-refractivity contribution >= 4 is 24.1 Å². The molecule has 0 atom stereocenters. The van der Waals surface area contributed by atoms with Crippen molar-refractivity contribution in [2.24, 2.45) is 5.73 Å². The van der Waals surface area contributed by atoms with Crippen molar-refractivity contribution in [3.63, 3.8) is 0 Å². The van der Waals surface area contributed by atoms with Crippen LogP contribution < -0.4 is 16.9 Å². The SMILES string of the molecule is COC(=N)c1ncc[nH]c1=O.Cl.N=C(N)c1ncc[nH]c1=O. The molecule has 10 nitrogen and oxygen atoms in total. The number of ether oxygens (including phenoxy) is 1. The van der Waals surface area contributed by atoms with Gasteiger partial charge in [-0.2, -0.15) is 0 Å². The summed E-state index contributed by atoms with van der Waals surface area (Å²) in [5.74, 6) is -0.547. The summed E-state index contributed by atoms with van der Waals surface area (Å²) < 4.78 is 4.52. The van der Waals surface area contributed by atoms with Crippen molar-refractivity contribution in [1.82, 2.24) is 19.9 Å². The van der Waals surface area contributed by atoms with E-state index in [0.717, 1.165) is 0 Å². The zero-order chi connectivity index (χ0) is 15.8. The maximum absolute atomic E-state index is 10.9. The van der Waals surface area contributed by atoms with Gasteiger partial charge in [-0.3, -0.25) is 20.4 Å². The Hall–Kier alpha value is -3.01. The van der Waals surface area contributed by atoms with E-state index in [1.165, 1.54) is 31.9 Å². The molecule has 0 radical (unpaired) electrons. The minimum Gasteiger partial charge on any atom is -0.480 e. The molecule has 0 saturated carbocycles. The number of nitrogens with one attached hydrogen (secondary N) is 4. The number of nitrogens with zero attached hydrogens (tertiary/aromatic N) is 2. The molecule has 6 N–H and O–H groups in total. The van der Waals surface area contributed by atoms with Gasteiger partial charge in [0.15, 0.2) is 11.4 Å². The van der Waals surface area contributed by atoms with Crippen LogP contribution in [-0.4, -0.2) is 38.8 Å². The molecule has 22 heavy (non-hydrogen) atoms. The number of H-pyrrole nitrogens is 2. The predicted molar refractivity (Wildman–Crippen MR) is 81.8 cm³/mol. The van der Waals surface area contributed by atoms with Crippen LogP contribution in [0.3, 0.4) is 0 Å². The summed E-state index contributed by atoms with van der Waals surface area (Å²) in [4.78, 5) is 33.6. The highest BCUT2D eigenvalue weighted by molar-refractivity contribution is 5.92. The Morgan fingerprint density at radius 1 is 1.09 bits per heavy atom. The second-order valence-electron chi connectivity index (χ2n) is 3.48. The summed E-state index contributed by atoms with van der Waals surface area (Å²) >= 11 is 0. The Balaban J connectivity index is 0.000000385. The Morgan fingerprint density at radius 2 is 1.55 bits per heavy atom. The highest BCUT2D eigenvalue weighted by Gasteiger charge is 2.05. The highest BCUT2D eigenvalue weighted by Crippen LogP contribution is 1.85. The van der Waals surface area contributed by atoms with Crippen LogP contribution in [0.2, 0.25) is 0 Å². The average molecular weight is 328 g/mol. The van der Waals surface area contributed by atoms with Crippen LogP contribution in [0.25, 0.3) is 0 Å². The minimum absolute atomic E-state index is 0. The van der Waals surface area contributed by atoms with E-state index in [2.05, 4.69) is 24.7 Å². The largest absolute Gasteiger partial charge is 0.480 e. The van der Waals surface area contributed by atoms with Crippen molar-refractivity contribution < 1.29 is 4.74 Å². The second-order valence-corrected chi connectivity index (χ2v) is 3.48. The summed E-state index contributed by atoms with van der Waals surface area (Å²) in [6.07, 6.45) is 5.55. The molecule has 0 fully saturated rings. The fourth-order valence-electron chi connectivity index (χ4n) is 1.15. The molecule has 0 bridgehead atoms. The molecular formula is C11H14ClN7O3. The zero-order valence-electron chi connectivity index (χ0n) is 11.4. The summed E-state index contributed by atoms with van der Waals surface area (Å²) in [6, 6.07) is 0. The molecule has 2 rings (SSSR count). The van der Waals surface area contributed by atoms with Crippen molar-refractivity contribution in [2.45, 2.75) is 0 Å². The normalized spacial score (nSPS) is 8.77. The van der Waals surface area contributed by atoms with Gasteiger partial charge >= 0.3 is 0 Å². The third-order valence-electron chi connectivity index (χ3n) is 2.09. The van der Waals surface area contributed by atoms with Gasteiger partial charge < -0.3 is 20.4 Å². The van der Waals surface area contributed by atoms with Gasteiger partial charge in [0, 0.05) is 24.8 Å². The molecule has 11 heteroatoms. The number of rotatable bonds is 2. The molecule has 118 valence electrons. The maximum Gasteiger partial charge on any atom is 0.279 e. The predicted octanol–water partition coefficient (Wildman–Crippen LogP) is -0.783. The van der Waals surface area contributed by atoms with Gasteiger partial charge in [0.05, 0.1) is 7.11 Å². The Labute approximate surface area is 130 Å². The topological polar surface area (TPSA) is 174 Å². The van der Waals surface area contributed by atoms with Gasteiger partial charge in [-0.1, -0.05) is 0 Å². The minimum atomic E-state index is -0.435. The molecule has 2 aromatic rings. The maximum atomic E-state index is 10.9. The van der Waals surface area contributed by atoms with Crippen LogP contribution in [0.5, 0.6) is 0 Å². The van der Waals surface area contributed by atoms with Crippen LogP contribution in [0, 0.1) is 10.8 Å². The molecular weight excluding hydrogens is 314 g/mol. The van der Waals surface area contributed by atoms with Gasteiger partial charge in [-0.05, 0) is 0 Å². The fraction of sp³-hybridized carbons (Fsp3) is 0.0909. The van der Waals surface area contributed by atoms with E-state index in [1.54, 1.807) is 0 Å². The number of amidine groups is 1. The van der Waals surface area contributed by atoms with Crippen LogP contribution in [0.15, 0.2) is 34.4 Å². The fourth-order valence-corrected chi connectivity index (χ4v) is 1.15. The smallest absolute Gasteiger partial charge is 0.279 e. The summed E-state index contributed by atoms with van der Waals surface area (Å²) in [5, 5.41) is 14.0. The van der Waals surface area contributed by atoms with Gasteiger partial charge in [-0.15, -0.1) is 12.4 Å². The Kier molecular flexibility index (Phi) is 7.79. The quantitative estimate of drug-likeness (QED) is 0.357. The highest BCUT2D eigenvalue weighted by atomic mass is 35.5. The van der Waals surface area contributed by atoms with E-state index in [1.807, 2.05) is 0 Å². The van der Waals surface area contributed by atoms with Gasteiger partial charge in [0.25, 0.3) is 11.1 Å². The first-order valence-electron chi connectivity index (χ1n) is 5.52. The first-order valence-corrected chi connectivity index (χ1v) is 5.52. The molecule has 0 unspecified atom stereocenters. The first-order chi connectivity index (χ1) is 9.97. The number of hydrogen-bond donors (Lipinski definition) is 5. The molecule has 0 spiro atoms. The summed E-state index contributed by atoms with van der Waals surface area (Å²) in [6.45, 7) is 0. The van der Waals surface area contributed by atoms with E-state index in [4.69, 9.17) is 16.6 Å². The number of halogens is 1. The average Bonchev–Trinajstić information content (AvgIpc) is 2.48. The van der Waals surface area contributed by atoms with E-state index in [0.29, 0.717) is 0 Å². The summed E-state index contributed by atoms with van der Waals surface area (Å²) in [7, 11) is 1.32. The molecule has 0 saturated heterocycles. The third-order valence-corrected chi connectivity index (χ3v) is 2.09. The van der Waals surface area contributed by atoms with Crippen molar-refractivity contribution in [2.75, 3.05) is 7.11 Å². The van der Waals surface area contributed by atoms with Crippen molar-refractivity contribution in [1.29, 1.82) is 10.8 Å². The number of aromatic nitrogens is 4. The van der Waals surface area contributed by atoms with E-state index < -0.39 is 11.1 Å². The van der Waals surface area contributed by atoms with Gasteiger partial charge in [0.1, 0.15) is 5.84 Å². The van der Waals surface area contributed by atoms with Gasteiger partial charge in [0.2, 0.25) is 5.90 Å². The van der Waals surface area contributed by atoms with Crippen LogP contribution in [-0.2, 0) is 4.74 Å². The molecule has 0 aliphatic carbocycles. The zero-order valence-corrected chi connectivity index (χ0v) is 12.2. The van der Waals surface area contributed by atoms with E-state index in [-0.39, 0.29) is 35.5 Å². The number of methoxy groups -OCH3 is 1. The van der Waals surface area contributed by atoms with E-state index in [9.17, 15) is 9.59 Å². The standard InChI is InChI=1S/C6H7N3O2.C5H6N4O.ClH/c1-11-5(7)4-6(10)9-3-2-8-4;6-4(7)3-5(10)9-2-1-8-3;/h2-3,7H,1H3,(H,9,10);1-2H,(H3,6,7)(H,9,10);1H. The molecule has 0 aliphatic heterocycles. The molecule has 2 heterocycles. The number of nitrogens with two attached hydrogens (primary N) is 1. The van der Waals surface area contributed by atoms with E-state index >= 15 is 0 Å². The Morgan fingerprint density at radius 3 is 1.86 bits per heavy atom. The van der Waals surface area contributed by atoms with Crippen LogP contribution >= 0.6 is 12.4 Å². The number of aromatic amines is 2. The second kappa shape index (κ2) is 9.02. The van der Waals surface area contributed by atoms with Gasteiger partial charge in [-0.25, -0.2) is 9.97 Å². The molecule has 0 aliphatic rings. The third kappa shape index (κ3) is 5.17.